The van der Waals surface area contributed by atoms with Crippen LogP contribution < -0.4 is 5.32 Å². The fourth-order valence-electron chi connectivity index (χ4n) is 2.81. The summed E-state index contributed by atoms with van der Waals surface area (Å²) >= 11 is 6.12. The molecule has 1 atom stereocenters. The van der Waals surface area contributed by atoms with Crippen LogP contribution in [0.3, 0.4) is 0 Å². The maximum atomic E-state index is 12.6. The number of carbonyl (C=O) groups excluding carboxylic acids is 1. The number of Topliss-reactive ketones (excluding diaryl/α,β-unsaturated/α-hetero) is 1. The first-order valence-electron chi connectivity index (χ1n) is 6.70. The Labute approximate surface area is 114 Å². The second-order valence-corrected chi connectivity index (χ2v) is 5.46. The molecule has 1 heterocycles. The minimum atomic E-state index is -0.298. The van der Waals surface area contributed by atoms with Crippen molar-refractivity contribution in [1.82, 2.24) is 5.32 Å². The number of carbonyl (C=O) groups is 1. The third kappa shape index (κ3) is 2.76. The van der Waals surface area contributed by atoms with E-state index < -0.39 is 0 Å². The van der Waals surface area contributed by atoms with Gasteiger partial charge in [0.05, 0.1) is 5.54 Å². The lowest BCUT2D eigenvalue weighted by atomic mass is 9.84. The standard InChI is InChI=1S/C15H20ClNO/c1-2-8-15(9-5-10-17-15)14(18)11-12-6-3-4-7-13(12)16/h3-4,6-7,17H,2,5,8-11H2,1H3. The topological polar surface area (TPSA) is 29.1 Å². The molecule has 2 nitrogen and oxygen atoms in total. The Morgan fingerprint density at radius 1 is 1.44 bits per heavy atom. The molecule has 1 fully saturated rings. The maximum Gasteiger partial charge on any atom is 0.157 e. The van der Waals surface area contributed by atoms with E-state index in [2.05, 4.69) is 12.2 Å². The van der Waals surface area contributed by atoms with E-state index in [0.29, 0.717) is 11.4 Å². The average Bonchev–Trinajstić information content (AvgIpc) is 2.82. The molecule has 1 aromatic rings. The lowest BCUT2D eigenvalue weighted by molar-refractivity contribution is -0.124. The molecule has 98 valence electrons. The summed E-state index contributed by atoms with van der Waals surface area (Å²) in [5, 5.41) is 4.11. The van der Waals surface area contributed by atoms with E-state index in [4.69, 9.17) is 11.6 Å². The SMILES string of the molecule is CCCC1(C(=O)Cc2ccccc2Cl)CCCN1. The zero-order chi connectivity index (χ0) is 13.0. The van der Waals surface area contributed by atoms with Crippen molar-refractivity contribution >= 4 is 17.4 Å². The smallest absolute Gasteiger partial charge is 0.157 e. The number of ketones is 1. The molecule has 0 radical (unpaired) electrons. The molecule has 2 rings (SSSR count). The Morgan fingerprint density at radius 3 is 2.83 bits per heavy atom. The van der Waals surface area contributed by atoms with Crippen molar-refractivity contribution in [2.24, 2.45) is 0 Å². The number of hydrogen-bond acceptors (Lipinski definition) is 2. The van der Waals surface area contributed by atoms with Crippen molar-refractivity contribution in [3.8, 4) is 0 Å². The predicted molar refractivity (Wildman–Crippen MR) is 75.0 cm³/mol. The first kappa shape index (κ1) is 13.6. The van der Waals surface area contributed by atoms with E-state index in [0.717, 1.165) is 37.8 Å². The van der Waals surface area contributed by atoms with E-state index >= 15 is 0 Å². The molecule has 0 saturated carbocycles. The molecule has 1 saturated heterocycles. The van der Waals surface area contributed by atoms with Gasteiger partial charge in [-0.3, -0.25) is 4.79 Å². The van der Waals surface area contributed by atoms with Crippen LogP contribution in [0.2, 0.25) is 5.02 Å². The summed E-state index contributed by atoms with van der Waals surface area (Å²) in [4.78, 5) is 12.6. The van der Waals surface area contributed by atoms with Gasteiger partial charge in [0, 0.05) is 11.4 Å². The predicted octanol–water partition coefficient (Wildman–Crippen LogP) is 3.37. The molecule has 0 bridgehead atoms. The molecule has 3 heteroatoms. The van der Waals surface area contributed by atoms with Gasteiger partial charge >= 0.3 is 0 Å². The van der Waals surface area contributed by atoms with Crippen molar-refractivity contribution in [2.45, 2.75) is 44.6 Å². The molecular weight excluding hydrogens is 246 g/mol. The minimum absolute atomic E-state index is 0.287. The van der Waals surface area contributed by atoms with Gasteiger partial charge in [0.25, 0.3) is 0 Å². The van der Waals surface area contributed by atoms with Gasteiger partial charge in [0.1, 0.15) is 0 Å². The van der Waals surface area contributed by atoms with Crippen LogP contribution in [0.15, 0.2) is 24.3 Å². The van der Waals surface area contributed by atoms with Crippen molar-refractivity contribution in [1.29, 1.82) is 0 Å². The van der Waals surface area contributed by atoms with Gasteiger partial charge in [0.15, 0.2) is 5.78 Å². The van der Waals surface area contributed by atoms with Crippen LogP contribution in [-0.2, 0) is 11.2 Å². The first-order chi connectivity index (χ1) is 8.68. The summed E-state index contributed by atoms with van der Waals surface area (Å²) < 4.78 is 0. The molecule has 0 amide bonds. The highest BCUT2D eigenvalue weighted by Gasteiger charge is 2.39. The first-order valence-corrected chi connectivity index (χ1v) is 7.07. The van der Waals surface area contributed by atoms with Crippen molar-refractivity contribution in [3.05, 3.63) is 34.9 Å². The fourth-order valence-corrected chi connectivity index (χ4v) is 3.01. The van der Waals surface area contributed by atoms with Crippen molar-refractivity contribution in [3.63, 3.8) is 0 Å². The second kappa shape index (κ2) is 5.85. The number of halogens is 1. The maximum absolute atomic E-state index is 12.6. The van der Waals surface area contributed by atoms with Gasteiger partial charge in [-0.05, 0) is 37.4 Å². The Morgan fingerprint density at radius 2 is 2.22 bits per heavy atom. The zero-order valence-electron chi connectivity index (χ0n) is 10.8. The molecule has 0 aliphatic carbocycles. The van der Waals surface area contributed by atoms with Crippen LogP contribution >= 0.6 is 11.6 Å². The van der Waals surface area contributed by atoms with Crippen LogP contribution in [0.4, 0.5) is 0 Å². The molecule has 1 aromatic carbocycles. The third-order valence-electron chi connectivity index (χ3n) is 3.76. The van der Waals surface area contributed by atoms with E-state index in [1.807, 2.05) is 24.3 Å². The normalized spacial score (nSPS) is 23.2. The molecule has 18 heavy (non-hydrogen) atoms. The highest BCUT2D eigenvalue weighted by molar-refractivity contribution is 6.31. The number of benzene rings is 1. The van der Waals surface area contributed by atoms with E-state index in [9.17, 15) is 4.79 Å². The summed E-state index contributed by atoms with van der Waals surface area (Å²) in [6, 6.07) is 7.61. The zero-order valence-corrected chi connectivity index (χ0v) is 11.6. The second-order valence-electron chi connectivity index (χ2n) is 5.05. The summed E-state index contributed by atoms with van der Waals surface area (Å²) in [5.74, 6) is 0.287. The largest absolute Gasteiger partial charge is 0.305 e. The number of rotatable bonds is 5. The summed E-state index contributed by atoms with van der Waals surface area (Å²) in [5.41, 5.74) is 0.641. The van der Waals surface area contributed by atoms with Gasteiger partial charge in [-0.25, -0.2) is 0 Å². The Bertz CT molecular complexity index is 424. The third-order valence-corrected chi connectivity index (χ3v) is 4.13. The van der Waals surface area contributed by atoms with Gasteiger partial charge in [-0.1, -0.05) is 43.1 Å². The van der Waals surface area contributed by atoms with Gasteiger partial charge < -0.3 is 5.32 Å². The average molecular weight is 266 g/mol. The number of nitrogens with one attached hydrogen (secondary N) is 1. The van der Waals surface area contributed by atoms with E-state index in [-0.39, 0.29) is 11.3 Å². The summed E-state index contributed by atoms with van der Waals surface area (Å²) in [6.07, 6.45) is 4.45. The molecule has 1 N–H and O–H groups in total. The monoisotopic (exact) mass is 265 g/mol. The molecule has 1 unspecified atom stereocenters. The lowest BCUT2D eigenvalue weighted by Crippen LogP contribution is -2.48. The Kier molecular flexibility index (Phi) is 4.41. The van der Waals surface area contributed by atoms with Crippen LogP contribution in [0, 0.1) is 0 Å². The summed E-state index contributed by atoms with van der Waals surface area (Å²) in [6.45, 7) is 3.08. The van der Waals surface area contributed by atoms with Crippen LogP contribution in [0.1, 0.15) is 38.2 Å². The Balaban J connectivity index is 2.13. The molecule has 0 spiro atoms. The molecular formula is C15H20ClNO. The van der Waals surface area contributed by atoms with Crippen LogP contribution in [0.5, 0.6) is 0 Å². The van der Waals surface area contributed by atoms with Crippen molar-refractivity contribution < 1.29 is 4.79 Å². The highest BCUT2D eigenvalue weighted by Crippen LogP contribution is 2.28. The van der Waals surface area contributed by atoms with Gasteiger partial charge in [-0.2, -0.15) is 0 Å². The van der Waals surface area contributed by atoms with Gasteiger partial charge in [0.2, 0.25) is 0 Å². The quantitative estimate of drug-likeness (QED) is 0.884. The van der Waals surface area contributed by atoms with E-state index in [1.54, 1.807) is 0 Å². The minimum Gasteiger partial charge on any atom is -0.305 e. The van der Waals surface area contributed by atoms with Gasteiger partial charge in [-0.15, -0.1) is 0 Å². The van der Waals surface area contributed by atoms with Crippen LogP contribution in [-0.4, -0.2) is 17.9 Å². The molecule has 1 aliphatic heterocycles. The highest BCUT2D eigenvalue weighted by atomic mass is 35.5. The van der Waals surface area contributed by atoms with Crippen molar-refractivity contribution in [2.75, 3.05) is 6.54 Å². The fraction of sp³-hybridized carbons (Fsp3) is 0.533. The Hall–Kier alpha value is -0.860. The molecule has 1 aliphatic rings. The number of hydrogen-bond donors (Lipinski definition) is 1. The molecule has 0 aromatic heterocycles. The lowest BCUT2D eigenvalue weighted by Gasteiger charge is -2.27. The van der Waals surface area contributed by atoms with E-state index in [1.165, 1.54) is 0 Å². The summed E-state index contributed by atoms with van der Waals surface area (Å²) in [7, 11) is 0. The van der Waals surface area contributed by atoms with Crippen LogP contribution in [0.25, 0.3) is 0 Å².